The van der Waals surface area contributed by atoms with Gasteiger partial charge in [-0.3, -0.25) is 0 Å². The predicted octanol–water partition coefficient (Wildman–Crippen LogP) is 3.92. The van der Waals surface area contributed by atoms with Gasteiger partial charge in [0.1, 0.15) is 0 Å². The molecule has 19 heavy (non-hydrogen) atoms. The fraction of sp³-hybridized carbons (Fsp3) is 0.400. The van der Waals surface area contributed by atoms with Gasteiger partial charge < -0.3 is 10.0 Å². The number of carboxylic acids is 1. The summed E-state index contributed by atoms with van der Waals surface area (Å²) in [7, 11) is 0. The average Bonchev–Trinajstić information content (AvgIpc) is 2.34. The van der Waals surface area contributed by atoms with E-state index >= 15 is 0 Å². The first kappa shape index (κ1) is 15.6. The summed E-state index contributed by atoms with van der Waals surface area (Å²) in [6.45, 7) is 8.34. The molecule has 0 heterocycles. The Kier molecular flexibility index (Phi) is 5.90. The molecule has 1 aromatic rings. The van der Waals surface area contributed by atoms with Gasteiger partial charge in [-0.1, -0.05) is 31.5 Å². The Labute approximate surface area is 119 Å². The van der Waals surface area contributed by atoms with Gasteiger partial charge in [-0.25, -0.2) is 4.79 Å². The van der Waals surface area contributed by atoms with Crippen LogP contribution < -0.4 is 4.90 Å². The number of halogens is 1. The molecule has 0 unspecified atom stereocenters. The van der Waals surface area contributed by atoms with Gasteiger partial charge in [0.2, 0.25) is 0 Å². The zero-order valence-electron chi connectivity index (χ0n) is 11.6. The van der Waals surface area contributed by atoms with Crippen molar-refractivity contribution in [3.05, 3.63) is 34.9 Å². The molecule has 1 N–H and O–H groups in total. The molecule has 0 radical (unpaired) electrons. The molecule has 0 bridgehead atoms. The van der Waals surface area contributed by atoms with Crippen LogP contribution in [0.1, 0.15) is 26.3 Å². The van der Waals surface area contributed by atoms with Crippen LogP contribution in [0.15, 0.2) is 24.3 Å². The van der Waals surface area contributed by atoms with Gasteiger partial charge in [0, 0.05) is 29.9 Å². The van der Waals surface area contributed by atoms with Gasteiger partial charge in [-0.15, -0.1) is 0 Å². The lowest BCUT2D eigenvalue weighted by Gasteiger charge is -2.25. The Morgan fingerprint density at radius 2 is 2.16 bits per heavy atom. The van der Waals surface area contributed by atoms with Crippen LogP contribution in [0.4, 0.5) is 5.69 Å². The first-order chi connectivity index (χ1) is 8.93. The Morgan fingerprint density at radius 3 is 2.63 bits per heavy atom. The van der Waals surface area contributed by atoms with E-state index in [9.17, 15) is 4.79 Å². The lowest BCUT2D eigenvalue weighted by atomic mass is 10.1. The predicted molar refractivity (Wildman–Crippen MR) is 80.8 cm³/mol. The van der Waals surface area contributed by atoms with Crippen LogP contribution in [-0.2, 0) is 4.79 Å². The van der Waals surface area contributed by atoms with E-state index in [2.05, 4.69) is 25.7 Å². The molecule has 1 rings (SSSR count). The molecule has 0 spiro atoms. The highest BCUT2D eigenvalue weighted by molar-refractivity contribution is 6.32. The number of rotatable bonds is 6. The summed E-state index contributed by atoms with van der Waals surface area (Å²) in [6, 6.07) is 5.70. The molecule has 4 heteroatoms. The molecule has 0 amide bonds. The second-order valence-electron chi connectivity index (χ2n) is 4.81. The van der Waals surface area contributed by atoms with Crippen molar-refractivity contribution in [1.29, 1.82) is 0 Å². The second-order valence-corrected chi connectivity index (χ2v) is 5.22. The van der Waals surface area contributed by atoms with Gasteiger partial charge in [0.15, 0.2) is 0 Å². The summed E-state index contributed by atoms with van der Waals surface area (Å²) >= 11 is 6.18. The van der Waals surface area contributed by atoms with Crippen LogP contribution in [0.2, 0.25) is 5.02 Å². The van der Waals surface area contributed by atoms with Gasteiger partial charge in [0.05, 0.1) is 0 Å². The molecule has 0 fully saturated rings. The minimum absolute atomic E-state index is 0.567. The standard InChI is InChI=1S/C15H20ClNO2/c1-4-17(10-11(2)3)13-7-5-12(14(16)9-13)6-8-15(18)19/h5-9,11H,4,10H2,1-3H3,(H,18,19)/b8-6+. The topological polar surface area (TPSA) is 40.5 Å². The number of carboxylic acid groups (broad SMARTS) is 1. The second kappa shape index (κ2) is 7.19. The van der Waals surface area contributed by atoms with Crippen LogP contribution in [0, 0.1) is 5.92 Å². The van der Waals surface area contributed by atoms with E-state index in [1.165, 1.54) is 6.08 Å². The fourth-order valence-corrected chi connectivity index (χ4v) is 2.10. The highest BCUT2D eigenvalue weighted by Crippen LogP contribution is 2.25. The summed E-state index contributed by atoms with van der Waals surface area (Å²) < 4.78 is 0. The monoisotopic (exact) mass is 281 g/mol. The molecule has 1 aromatic carbocycles. The molecule has 0 saturated heterocycles. The smallest absolute Gasteiger partial charge is 0.328 e. The zero-order chi connectivity index (χ0) is 14.4. The summed E-state index contributed by atoms with van der Waals surface area (Å²) in [5.74, 6) is -0.402. The quantitative estimate of drug-likeness (QED) is 0.804. The van der Waals surface area contributed by atoms with E-state index in [0.717, 1.165) is 24.9 Å². The zero-order valence-corrected chi connectivity index (χ0v) is 12.3. The molecular formula is C15H20ClNO2. The number of benzene rings is 1. The number of nitrogens with zero attached hydrogens (tertiary/aromatic N) is 1. The van der Waals surface area contributed by atoms with Gasteiger partial charge in [0.25, 0.3) is 0 Å². The molecule has 0 aliphatic heterocycles. The maximum absolute atomic E-state index is 10.5. The minimum Gasteiger partial charge on any atom is -0.478 e. The normalized spacial score (nSPS) is 11.2. The first-order valence-corrected chi connectivity index (χ1v) is 6.77. The van der Waals surface area contributed by atoms with Gasteiger partial charge in [-0.05, 0) is 36.6 Å². The SMILES string of the molecule is CCN(CC(C)C)c1ccc(/C=C/C(=O)O)c(Cl)c1. The van der Waals surface area contributed by atoms with Crippen molar-refractivity contribution >= 4 is 29.3 Å². The number of hydrogen-bond acceptors (Lipinski definition) is 2. The van der Waals surface area contributed by atoms with Crippen molar-refractivity contribution in [1.82, 2.24) is 0 Å². The van der Waals surface area contributed by atoms with Crippen molar-refractivity contribution < 1.29 is 9.90 Å². The molecule has 0 atom stereocenters. The average molecular weight is 282 g/mol. The lowest BCUT2D eigenvalue weighted by molar-refractivity contribution is -0.131. The van der Waals surface area contributed by atoms with Crippen LogP contribution in [0.5, 0.6) is 0 Å². The maximum atomic E-state index is 10.5. The number of anilines is 1. The molecule has 0 aliphatic carbocycles. The summed E-state index contributed by atoms with van der Waals surface area (Å²) in [4.78, 5) is 12.7. The molecule has 104 valence electrons. The number of aliphatic carboxylic acids is 1. The third kappa shape index (κ3) is 4.95. The van der Waals surface area contributed by atoms with E-state index in [1.807, 2.05) is 18.2 Å². The van der Waals surface area contributed by atoms with Crippen LogP contribution in [0.25, 0.3) is 6.08 Å². The highest BCUT2D eigenvalue weighted by Gasteiger charge is 2.08. The van der Waals surface area contributed by atoms with Crippen LogP contribution in [-0.4, -0.2) is 24.2 Å². The van der Waals surface area contributed by atoms with Crippen molar-refractivity contribution in [3.8, 4) is 0 Å². The Bertz CT molecular complexity index is 469. The van der Waals surface area contributed by atoms with Crippen molar-refractivity contribution in [2.45, 2.75) is 20.8 Å². The van der Waals surface area contributed by atoms with Gasteiger partial charge in [-0.2, -0.15) is 0 Å². The van der Waals surface area contributed by atoms with E-state index < -0.39 is 5.97 Å². The largest absolute Gasteiger partial charge is 0.478 e. The van der Waals surface area contributed by atoms with Crippen LogP contribution in [0.3, 0.4) is 0 Å². The van der Waals surface area contributed by atoms with Crippen molar-refractivity contribution in [3.63, 3.8) is 0 Å². The molecular weight excluding hydrogens is 262 g/mol. The molecule has 3 nitrogen and oxygen atoms in total. The van der Waals surface area contributed by atoms with Crippen LogP contribution >= 0.6 is 11.6 Å². The van der Waals surface area contributed by atoms with E-state index in [-0.39, 0.29) is 0 Å². The Morgan fingerprint density at radius 1 is 1.47 bits per heavy atom. The number of hydrogen-bond donors (Lipinski definition) is 1. The maximum Gasteiger partial charge on any atom is 0.328 e. The molecule has 0 saturated carbocycles. The van der Waals surface area contributed by atoms with E-state index in [4.69, 9.17) is 16.7 Å². The number of carbonyl (C=O) groups is 1. The lowest BCUT2D eigenvalue weighted by Crippen LogP contribution is -2.27. The summed E-state index contributed by atoms with van der Waals surface area (Å²) in [5, 5.41) is 9.17. The summed E-state index contributed by atoms with van der Waals surface area (Å²) in [5.41, 5.74) is 1.78. The van der Waals surface area contributed by atoms with E-state index in [0.29, 0.717) is 16.5 Å². The third-order valence-corrected chi connectivity index (χ3v) is 3.05. The Balaban J connectivity index is 2.94. The van der Waals surface area contributed by atoms with Crippen molar-refractivity contribution in [2.75, 3.05) is 18.0 Å². The van der Waals surface area contributed by atoms with Gasteiger partial charge >= 0.3 is 5.97 Å². The fourth-order valence-electron chi connectivity index (χ4n) is 1.87. The first-order valence-electron chi connectivity index (χ1n) is 6.39. The van der Waals surface area contributed by atoms with E-state index in [1.54, 1.807) is 0 Å². The summed E-state index contributed by atoms with van der Waals surface area (Å²) in [6.07, 6.45) is 2.60. The third-order valence-electron chi connectivity index (χ3n) is 2.72. The molecule has 0 aromatic heterocycles. The Hall–Kier alpha value is -1.48. The van der Waals surface area contributed by atoms with Crippen molar-refractivity contribution in [2.24, 2.45) is 5.92 Å². The minimum atomic E-state index is -0.977. The highest BCUT2D eigenvalue weighted by atomic mass is 35.5. The molecule has 0 aliphatic rings.